The Morgan fingerprint density at radius 3 is 2.62 bits per heavy atom. The number of likely N-dealkylation sites (N-methyl/N-ethyl adjacent to an activating group) is 1. The molecule has 0 spiro atoms. The van der Waals surface area contributed by atoms with Crippen molar-refractivity contribution in [1.29, 1.82) is 0 Å². The number of nitrogens with one attached hydrogen (secondary N) is 2. The second-order valence-electron chi connectivity index (χ2n) is 5.89. The number of rotatable bonds is 7. The molecule has 0 aliphatic rings. The Morgan fingerprint density at radius 1 is 1.31 bits per heavy atom. The number of thiazole rings is 1. The van der Waals surface area contributed by atoms with E-state index in [0.717, 1.165) is 22.3 Å². The largest absolute Gasteiger partial charge is 0.496 e. The number of benzene rings is 1. The van der Waals surface area contributed by atoms with Crippen LogP contribution in [0.3, 0.4) is 0 Å². The first-order valence-electron chi connectivity index (χ1n) is 8.20. The van der Waals surface area contributed by atoms with Crippen molar-refractivity contribution in [1.82, 2.24) is 20.5 Å². The minimum absolute atomic E-state index is 0. The van der Waals surface area contributed by atoms with Gasteiger partial charge in [0.15, 0.2) is 5.96 Å². The fourth-order valence-electron chi connectivity index (χ4n) is 2.57. The van der Waals surface area contributed by atoms with E-state index >= 15 is 0 Å². The van der Waals surface area contributed by atoms with E-state index in [0.29, 0.717) is 13.1 Å². The van der Waals surface area contributed by atoms with Gasteiger partial charge in [0.2, 0.25) is 0 Å². The molecule has 26 heavy (non-hydrogen) atoms. The first-order chi connectivity index (χ1) is 12.0. The smallest absolute Gasteiger partial charge is 0.191 e. The molecule has 2 rings (SSSR count). The Hall–Kier alpha value is -1.39. The highest BCUT2D eigenvalue weighted by atomic mass is 127. The molecule has 0 aliphatic carbocycles. The molecule has 0 saturated heterocycles. The average Bonchev–Trinajstić information content (AvgIpc) is 3.03. The topological polar surface area (TPSA) is 61.8 Å². The maximum Gasteiger partial charge on any atom is 0.191 e. The van der Waals surface area contributed by atoms with Gasteiger partial charge < -0.3 is 20.3 Å². The van der Waals surface area contributed by atoms with Crippen LogP contribution in [0.1, 0.15) is 21.5 Å². The Bertz CT molecular complexity index is 704. The van der Waals surface area contributed by atoms with Gasteiger partial charge in [-0.1, -0.05) is 18.2 Å². The summed E-state index contributed by atoms with van der Waals surface area (Å²) in [5.74, 6) is 1.65. The van der Waals surface area contributed by atoms with Crippen molar-refractivity contribution in [2.45, 2.75) is 19.5 Å². The number of ether oxygens (including phenoxy) is 1. The Labute approximate surface area is 177 Å². The van der Waals surface area contributed by atoms with Crippen molar-refractivity contribution < 1.29 is 4.74 Å². The summed E-state index contributed by atoms with van der Waals surface area (Å²) in [6, 6.07) is 8.27. The van der Waals surface area contributed by atoms with Crippen molar-refractivity contribution in [2.24, 2.45) is 4.99 Å². The van der Waals surface area contributed by atoms with Crippen LogP contribution in [0.2, 0.25) is 0 Å². The molecule has 0 bridgehead atoms. The van der Waals surface area contributed by atoms with E-state index in [9.17, 15) is 0 Å². The highest BCUT2D eigenvalue weighted by molar-refractivity contribution is 14.0. The van der Waals surface area contributed by atoms with Crippen molar-refractivity contribution in [3.05, 3.63) is 45.9 Å². The molecule has 2 N–H and O–H groups in total. The Morgan fingerprint density at radius 2 is 2.04 bits per heavy atom. The van der Waals surface area contributed by atoms with E-state index in [-0.39, 0.29) is 30.0 Å². The highest BCUT2D eigenvalue weighted by Gasteiger charge is 2.18. The number of para-hydroxylation sites is 1. The number of guanidine groups is 1. The summed E-state index contributed by atoms with van der Waals surface area (Å²) in [6.07, 6.45) is 1.89. The van der Waals surface area contributed by atoms with Crippen molar-refractivity contribution in [3.63, 3.8) is 0 Å². The van der Waals surface area contributed by atoms with Crippen molar-refractivity contribution in [2.75, 3.05) is 34.8 Å². The molecule has 6 nitrogen and oxygen atoms in total. The summed E-state index contributed by atoms with van der Waals surface area (Å²) < 4.78 is 5.51. The van der Waals surface area contributed by atoms with Crippen LogP contribution in [-0.4, -0.2) is 50.6 Å². The number of nitrogens with zero attached hydrogens (tertiary/aromatic N) is 3. The van der Waals surface area contributed by atoms with Gasteiger partial charge in [-0.15, -0.1) is 35.3 Å². The van der Waals surface area contributed by atoms with Gasteiger partial charge in [-0.3, -0.25) is 4.99 Å². The molecule has 1 unspecified atom stereocenters. The third-order valence-electron chi connectivity index (χ3n) is 3.88. The minimum atomic E-state index is 0. The monoisotopic (exact) mass is 489 g/mol. The summed E-state index contributed by atoms with van der Waals surface area (Å²) in [4.78, 5) is 12.0. The van der Waals surface area contributed by atoms with Gasteiger partial charge in [-0.25, -0.2) is 4.98 Å². The highest BCUT2D eigenvalue weighted by Crippen LogP contribution is 2.27. The molecule has 1 atom stereocenters. The van der Waals surface area contributed by atoms with Crippen molar-refractivity contribution in [3.8, 4) is 5.75 Å². The molecule has 8 heteroatoms. The number of aromatic nitrogens is 1. The lowest BCUT2D eigenvalue weighted by molar-refractivity contribution is 0.287. The van der Waals surface area contributed by atoms with Crippen LogP contribution >= 0.6 is 35.3 Å². The zero-order valence-corrected chi connectivity index (χ0v) is 19.1. The lowest BCUT2D eigenvalue weighted by Gasteiger charge is -2.27. The summed E-state index contributed by atoms with van der Waals surface area (Å²) in [6.45, 7) is 3.44. The molecule has 0 saturated carbocycles. The van der Waals surface area contributed by atoms with Gasteiger partial charge in [0.05, 0.1) is 19.7 Å². The predicted molar refractivity (Wildman–Crippen MR) is 120 cm³/mol. The fourth-order valence-corrected chi connectivity index (χ4v) is 3.30. The second kappa shape index (κ2) is 11.3. The molecule has 1 heterocycles. The second-order valence-corrected chi connectivity index (χ2v) is 7.21. The lowest BCUT2D eigenvalue weighted by atomic mass is 10.0. The first-order valence-corrected chi connectivity index (χ1v) is 9.02. The summed E-state index contributed by atoms with van der Waals surface area (Å²) in [5, 5.41) is 7.76. The number of hydrogen-bond acceptors (Lipinski definition) is 5. The maximum absolute atomic E-state index is 5.51. The van der Waals surface area contributed by atoms with Gasteiger partial charge in [-0.2, -0.15) is 0 Å². The number of methoxy groups -OCH3 is 1. The predicted octanol–water partition coefficient (Wildman–Crippen LogP) is 3.05. The van der Waals surface area contributed by atoms with Crippen molar-refractivity contribution >= 4 is 41.3 Å². The molecule has 0 aliphatic heterocycles. The molecule has 1 aromatic heterocycles. The molecule has 1 aromatic carbocycles. The number of halogens is 1. The standard InChI is InChI=1S/C18H27N5OS.HI/c1-13-10-20-17(25-13)12-22-18(19-2)21-11-15(23(3)4)14-8-6-7-9-16(14)24-5;/h6-10,15H,11-12H2,1-5H3,(H2,19,21,22);1H. The quantitative estimate of drug-likeness (QED) is 0.356. The number of aryl methyl sites for hydroxylation is 1. The van der Waals surface area contributed by atoms with Gasteiger partial charge >= 0.3 is 0 Å². The van der Waals surface area contributed by atoms with Gasteiger partial charge in [0.25, 0.3) is 0 Å². The van der Waals surface area contributed by atoms with E-state index in [1.807, 2.05) is 24.4 Å². The molecule has 0 radical (unpaired) electrons. The van der Waals surface area contributed by atoms with Crippen LogP contribution in [-0.2, 0) is 6.54 Å². The third kappa shape index (κ3) is 6.40. The molecule has 2 aromatic rings. The Balaban J connectivity index is 0.00000338. The van der Waals surface area contributed by atoms with Gasteiger partial charge in [0.1, 0.15) is 10.8 Å². The first kappa shape index (κ1) is 22.7. The van der Waals surface area contributed by atoms with E-state index in [1.54, 1.807) is 25.5 Å². The molecular formula is C18H28IN5OS. The van der Waals surface area contributed by atoms with Crippen LogP contribution in [0.15, 0.2) is 35.5 Å². The van der Waals surface area contributed by atoms with Crippen LogP contribution in [0.4, 0.5) is 0 Å². The van der Waals surface area contributed by atoms with E-state index < -0.39 is 0 Å². The van der Waals surface area contributed by atoms with E-state index in [1.165, 1.54) is 4.88 Å². The number of hydrogen-bond donors (Lipinski definition) is 2. The lowest BCUT2D eigenvalue weighted by Crippen LogP contribution is -2.41. The minimum Gasteiger partial charge on any atom is -0.496 e. The third-order valence-corrected chi connectivity index (χ3v) is 4.80. The average molecular weight is 489 g/mol. The van der Waals surface area contributed by atoms with E-state index in [4.69, 9.17) is 4.74 Å². The van der Waals surface area contributed by atoms with Crippen LogP contribution in [0.25, 0.3) is 0 Å². The molecular weight excluding hydrogens is 461 g/mol. The van der Waals surface area contributed by atoms with Gasteiger partial charge in [0, 0.05) is 30.2 Å². The SMILES string of the molecule is CN=C(NCc1ncc(C)s1)NCC(c1ccccc1OC)N(C)C.I. The normalized spacial score (nSPS) is 12.5. The maximum atomic E-state index is 5.51. The Kier molecular flexibility index (Phi) is 9.89. The van der Waals surface area contributed by atoms with E-state index in [2.05, 4.69) is 52.6 Å². The number of aliphatic imine (C=N–C) groups is 1. The van der Waals surface area contributed by atoms with Gasteiger partial charge in [-0.05, 0) is 27.1 Å². The zero-order valence-electron chi connectivity index (χ0n) is 15.9. The summed E-state index contributed by atoms with van der Waals surface area (Å²) in [5.41, 5.74) is 1.15. The molecule has 0 fully saturated rings. The molecule has 144 valence electrons. The summed E-state index contributed by atoms with van der Waals surface area (Å²) >= 11 is 1.69. The molecule has 0 amide bonds. The fraction of sp³-hybridized carbons (Fsp3) is 0.444. The zero-order chi connectivity index (χ0) is 18.2. The van der Waals surface area contributed by atoms with Crippen LogP contribution in [0, 0.1) is 6.92 Å². The summed E-state index contributed by atoms with van der Waals surface area (Å²) in [7, 11) is 7.60. The van der Waals surface area contributed by atoms with Crippen LogP contribution < -0.4 is 15.4 Å². The van der Waals surface area contributed by atoms with Crippen LogP contribution in [0.5, 0.6) is 5.75 Å².